The van der Waals surface area contributed by atoms with E-state index in [9.17, 15) is 9.59 Å². The number of anilines is 1. The molecule has 0 saturated carbocycles. The molecular weight excluding hydrogens is 366 g/mol. The lowest BCUT2D eigenvalue weighted by molar-refractivity contribution is -0.119. The highest BCUT2D eigenvalue weighted by Crippen LogP contribution is 2.22. The third-order valence-electron chi connectivity index (χ3n) is 3.49. The highest BCUT2D eigenvalue weighted by molar-refractivity contribution is 6.30. The number of hydrogen-bond acceptors (Lipinski definition) is 4. The van der Waals surface area contributed by atoms with Gasteiger partial charge in [-0.2, -0.15) is 0 Å². The highest BCUT2D eigenvalue weighted by atomic mass is 35.5. The fraction of sp³-hybridized carbons (Fsp3) is 0.0476. The molecule has 0 bridgehead atoms. The van der Waals surface area contributed by atoms with Crippen LogP contribution in [0.3, 0.4) is 0 Å². The molecule has 0 atom stereocenters. The van der Waals surface area contributed by atoms with E-state index in [1.165, 1.54) is 0 Å². The molecule has 0 aliphatic carbocycles. The van der Waals surface area contributed by atoms with Crippen molar-refractivity contribution < 1.29 is 19.1 Å². The van der Waals surface area contributed by atoms with Crippen molar-refractivity contribution in [2.24, 2.45) is 0 Å². The molecule has 0 radical (unpaired) electrons. The van der Waals surface area contributed by atoms with Gasteiger partial charge in [0, 0.05) is 10.7 Å². The first-order chi connectivity index (χ1) is 13.1. The number of carbonyl (C=O) groups is 2. The summed E-state index contributed by atoms with van der Waals surface area (Å²) in [4.78, 5) is 24.1. The fourth-order valence-corrected chi connectivity index (χ4v) is 2.48. The summed E-state index contributed by atoms with van der Waals surface area (Å²) in [5.41, 5.74) is 0.820. The van der Waals surface area contributed by atoms with Crippen LogP contribution in [0.1, 0.15) is 10.4 Å². The minimum absolute atomic E-state index is 0.291. The quantitative estimate of drug-likeness (QED) is 0.615. The first-order valence-corrected chi connectivity index (χ1v) is 8.53. The first kappa shape index (κ1) is 18.5. The summed E-state index contributed by atoms with van der Waals surface area (Å²) in [7, 11) is 0. The molecule has 6 heteroatoms. The summed E-state index contributed by atoms with van der Waals surface area (Å²) < 4.78 is 10.7. The molecule has 1 N–H and O–H groups in total. The van der Waals surface area contributed by atoms with Crippen LogP contribution in [0.15, 0.2) is 78.9 Å². The largest absolute Gasteiger partial charge is 0.457 e. The van der Waals surface area contributed by atoms with Crippen LogP contribution in [-0.2, 0) is 9.53 Å². The maximum atomic E-state index is 12.2. The van der Waals surface area contributed by atoms with Gasteiger partial charge in [0.2, 0.25) is 0 Å². The second-order valence-electron chi connectivity index (χ2n) is 5.58. The van der Waals surface area contributed by atoms with Gasteiger partial charge < -0.3 is 14.8 Å². The van der Waals surface area contributed by atoms with Crippen LogP contribution in [0.4, 0.5) is 5.69 Å². The normalized spacial score (nSPS) is 10.1. The maximum Gasteiger partial charge on any atom is 0.338 e. The van der Waals surface area contributed by atoms with E-state index in [-0.39, 0.29) is 0 Å². The van der Waals surface area contributed by atoms with Gasteiger partial charge in [0.25, 0.3) is 5.91 Å². The number of para-hydroxylation sites is 1. The van der Waals surface area contributed by atoms with Crippen LogP contribution >= 0.6 is 11.6 Å². The Labute approximate surface area is 161 Å². The summed E-state index contributed by atoms with van der Waals surface area (Å²) in [5.74, 6) is 0.0833. The number of hydrogen-bond donors (Lipinski definition) is 1. The van der Waals surface area contributed by atoms with Crippen molar-refractivity contribution >= 4 is 29.2 Å². The van der Waals surface area contributed by atoms with Gasteiger partial charge in [0.05, 0.1) is 5.56 Å². The van der Waals surface area contributed by atoms with E-state index in [0.29, 0.717) is 27.8 Å². The molecule has 5 nitrogen and oxygen atoms in total. The summed E-state index contributed by atoms with van der Waals surface area (Å²) in [6, 6.07) is 22.5. The van der Waals surface area contributed by atoms with Crippen molar-refractivity contribution in [3.8, 4) is 11.5 Å². The van der Waals surface area contributed by atoms with E-state index >= 15 is 0 Å². The molecule has 0 unspecified atom stereocenters. The molecule has 27 heavy (non-hydrogen) atoms. The van der Waals surface area contributed by atoms with Crippen molar-refractivity contribution in [2.45, 2.75) is 0 Å². The van der Waals surface area contributed by atoms with E-state index in [2.05, 4.69) is 5.32 Å². The third kappa shape index (κ3) is 5.59. The number of benzene rings is 3. The predicted molar refractivity (Wildman–Crippen MR) is 103 cm³/mol. The van der Waals surface area contributed by atoms with Gasteiger partial charge in [-0.1, -0.05) is 41.9 Å². The number of halogens is 1. The van der Waals surface area contributed by atoms with Crippen LogP contribution in [-0.4, -0.2) is 18.5 Å². The molecule has 0 aliphatic rings. The van der Waals surface area contributed by atoms with Crippen molar-refractivity contribution in [3.05, 3.63) is 89.4 Å². The number of carbonyl (C=O) groups excluding carboxylic acids is 2. The second kappa shape index (κ2) is 8.87. The molecule has 0 fully saturated rings. The molecule has 0 saturated heterocycles. The Kier molecular flexibility index (Phi) is 6.07. The monoisotopic (exact) mass is 381 g/mol. The van der Waals surface area contributed by atoms with E-state index in [1.54, 1.807) is 48.5 Å². The van der Waals surface area contributed by atoms with Crippen LogP contribution in [0.25, 0.3) is 0 Å². The minimum atomic E-state index is -0.616. The van der Waals surface area contributed by atoms with Gasteiger partial charge in [-0.05, 0) is 48.5 Å². The van der Waals surface area contributed by atoms with Gasteiger partial charge in [-0.15, -0.1) is 0 Å². The predicted octanol–water partition coefficient (Wildman–Crippen LogP) is 4.93. The Bertz CT molecular complexity index is 944. The summed E-state index contributed by atoms with van der Waals surface area (Å²) >= 11 is 5.86. The van der Waals surface area contributed by atoms with Crippen LogP contribution in [0.2, 0.25) is 5.02 Å². The Hall–Kier alpha value is -3.31. The van der Waals surface area contributed by atoms with Crippen molar-refractivity contribution in [3.63, 3.8) is 0 Å². The van der Waals surface area contributed by atoms with Gasteiger partial charge in [0.15, 0.2) is 6.61 Å². The van der Waals surface area contributed by atoms with Crippen LogP contribution in [0.5, 0.6) is 11.5 Å². The smallest absolute Gasteiger partial charge is 0.338 e. The zero-order chi connectivity index (χ0) is 19.1. The molecule has 136 valence electrons. The number of esters is 1. The average molecular weight is 382 g/mol. The molecule has 0 heterocycles. The SMILES string of the molecule is O=C(COC(=O)c1cccc(Oc2ccccc2)c1)Nc1cccc(Cl)c1. The zero-order valence-corrected chi connectivity index (χ0v) is 15.0. The number of amides is 1. The molecule has 0 aliphatic heterocycles. The van der Waals surface area contributed by atoms with Crippen LogP contribution in [0, 0.1) is 0 Å². The second-order valence-corrected chi connectivity index (χ2v) is 6.01. The van der Waals surface area contributed by atoms with E-state index in [0.717, 1.165) is 0 Å². The minimum Gasteiger partial charge on any atom is -0.457 e. The Morgan fingerprint density at radius 1 is 0.852 bits per heavy atom. The van der Waals surface area contributed by atoms with Crippen molar-refractivity contribution in [1.82, 2.24) is 0 Å². The Balaban J connectivity index is 1.56. The topological polar surface area (TPSA) is 64.6 Å². The fourth-order valence-electron chi connectivity index (χ4n) is 2.29. The van der Waals surface area contributed by atoms with Crippen LogP contribution < -0.4 is 10.1 Å². The standard InChI is InChI=1S/C21H16ClNO4/c22-16-7-5-8-17(13-16)23-20(24)14-26-21(25)15-6-4-11-19(12-15)27-18-9-2-1-3-10-18/h1-13H,14H2,(H,23,24). The molecule has 1 amide bonds. The van der Waals surface area contributed by atoms with E-state index in [4.69, 9.17) is 21.1 Å². The summed E-state index contributed by atoms with van der Waals surface area (Å²) in [6.07, 6.45) is 0. The summed E-state index contributed by atoms with van der Waals surface area (Å²) in [5, 5.41) is 3.11. The van der Waals surface area contributed by atoms with Gasteiger partial charge in [-0.3, -0.25) is 4.79 Å². The lowest BCUT2D eigenvalue weighted by Gasteiger charge is -2.09. The maximum absolute atomic E-state index is 12.2. The average Bonchev–Trinajstić information content (AvgIpc) is 2.67. The van der Waals surface area contributed by atoms with Crippen molar-refractivity contribution in [2.75, 3.05) is 11.9 Å². The molecule has 3 aromatic carbocycles. The molecular formula is C21H16ClNO4. The number of rotatable bonds is 6. The van der Waals surface area contributed by atoms with E-state index in [1.807, 2.05) is 30.3 Å². The molecule has 0 spiro atoms. The lowest BCUT2D eigenvalue weighted by Crippen LogP contribution is -2.20. The van der Waals surface area contributed by atoms with E-state index < -0.39 is 18.5 Å². The Morgan fingerprint density at radius 2 is 1.59 bits per heavy atom. The lowest BCUT2D eigenvalue weighted by atomic mass is 10.2. The highest BCUT2D eigenvalue weighted by Gasteiger charge is 2.12. The third-order valence-corrected chi connectivity index (χ3v) is 3.73. The first-order valence-electron chi connectivity index (χ1n) is 8.16. The Morgan fingerprint density at radius 3 is 2.37 bits per heavy atom. The molecule has 3 rings (SSSR count). The number of nitrogens with one attached hydrogen (secondary N) is 1. The van der Waals surface area contributed by atoms with Crippen molar-refractivity contribution in [1.29, 1.82) is 0 Å². The molecule has 3 aromatic rings. The summed E-state index contributed by atoms with van der Waals surface area (Å²) in [6.45, 7) is -0.408. The van der Waals surface area contributed by atoms with Gasteiger partial charge in [-0.25, -0.2) is 4.79 Å². The number of ether oxygens (including phenoxy) is 2. The van der Waals surface area contributed by atoms with Gasteiger partial charge in [0.1, 0.15) is 11.5 Å². The zero-order valence-electron chi connectivity index (χ0n) is 14.2. The molecule has 0 aromatic heterocycles. The van der Waals surface area contributed by atoms with Gasteiger partial charge >= 0.3 is 5.97 Å².